The second kappa shape index (κ2) is 7.22. The number of aromatic nitrogens is 2. The van der Waals surface area contributed by atoms with Gasteiger partial charge in [0, 0.05) is 35.8 Å². The molecule has 3 aromatic rings. The van der Waals surface area contributed by atoms with Crippen LogP contribution in [-0.4, -0.2) is 33.3 Å². The predicted molar refractivity (Wildman–Crippen MR) is 105 cm³/mol. The maximum absolute atomic E-state index is 13.1. The number of benzene rings is 1. The highest BCUT2D eigenvalue weighted by molar-refractivity contribution is 6.36. The normalized spacial score (nSPS) is 15.1. The Balaban J connectivity index is 1.77. The van der Waals surface area contributed by atoms with E-state index < -0.39 is 0 Å². The molecule has 4 rings (SSSR count). The lowest BCUT2D eigenvalue weighted by Gasteiger charge is -2.28. The molecule has 0 N–H and O–H groups in total. The molecular weight excluding hydrogens is 383 g/mol. The van der Waals surface area contributed by atoms with Crippen molar-refractivity contribution >= 4 is 34.6 Å². The van der Waals surface area contributed by atoms with Crippen LogP contribution in [0.2, 0.25) is 10.0 Å². The zero-order valence-electron chi connectivity index (χ0n) is 14.4. The predicted octanol–water partition coefficient (Wildman–Crippen LogP) is 4.68. The molecule has 1 fully saturated rings. The summed E-state index contributed by atoms with van der Waals surface area (Å²) >= 11 is 12.4. The first kappa shape index (κ1) is 17.8. The molecule has 0 unspecified atom stereocenters. The summed E-state index contributed by atoms with van der Waals surface area (Å²) in [5, 5.41) is 10.1. The highest BCUT2D eigenvalue weighted by Gasteiger charge is 2.27. The van der Waals surface area contributed by atoms with Crippen molar-refractivity contribution in [3.8, 4) is 17.3 Å². The number of pyridine rings is 1. The third-order valence-corrected chi connectivity index (χ3v) is 5.44. The van der Waals surface area contributed by atoms with Gasteiger partial charge in [0.25, 0.3) is 5.91 Å². The zero-order chi connectivity index (χ0) is 19.0. The maximum Gasteiger partial charge on any atom is 0.290 e. The van der Waals surface area contributed by atoms with Crippen LogP contribution in [0.25, 0.3) is 16.8 Å². The SMILES string of the molecule is N#CC1CCN(C(=O)c2nc(-c3ccc(Cl)cc3Cl)c3ccccn23)CC1. The van der Waals surface area contributed by atoms with Gasteiger partial charge in [-0.3, -0.25) is 9.20 Å². The van der Waals surface area contributed by atoms with E-state index >= 15 is 0 Å². The summed E-state index contributed by atoms with van der Waals surface area (Å²) in [5.41, 5.74) is 2.18. The lowest BCUT2D eigenvalue weighted by Crippen LogP contribution is -2.39. The number of nitriles is 1. The van der Waals surface area contributed by atoms with Gasteiger partial charge < -0.3 is 4.90 Å². The summed E-state index contributed by atoms with van der Waals surface area (Å²) in [4.78, 5) is 19.5. The van der Waals surface area contributed by atoms with Crippen molar-refractivity contribution in [3.05, 3.63) is 58.5 Å². The van der Waals surface area contributed by atoms with E-state index in [2.05, 4.69) is 11.1 Å². The number of halogens is 2. The molecule has 5 nitrogen and oxygen atoms in total. The smallest absolute Gasteiger partial charge is 0.290 e. The second-order valence-electron chi connectivity index (χ2n) is 6.56. The van der Waals surface area contributed by atoms with Crippen LogP contribution >= 0.6 is 23.2 Å². The molecule has 1 aliphatic heterocycles. The first-order chi connectivity index (χ1) is 13.1. The third-order valence-electron chi connectivity index (χ3n) is 4.89. The van der Waals surface area contributed by atoms with Crippen LogP contribution < -0.4 is 0 Å². The molecule has 136 valence electrons. The van der Waals surface area contributed by atoms with Gasteiger partial charge in [-0.15, -0.1) is 0 Å². The first-order valence-electron chi connectivity index (χ1n) is 8.70. The number of rotatable bonds is 2. The van der Waals surface area contributed by atoms with Gasteiger partial charge in [0.1, 0.15) is 0 Å². The molecule has 3 heterocycles. The highest BCUT2D eigenvalue weighted by atomic mass is 35.5. The first-order valence-corrected chi connectivity index (χ1v) is 9.45. The van der Waals surface area contributed by atoms with E-state index in [1.54, 1.807) is 21.4 Å². The van der Waals surface area contributed by atoms with E-state index in [4.69, 9.17) is 28.5 Å². The Hall–Kier alpha value is -2.55. The monoisotopic (exact) mass is 398 g/mol. The Morgan fingerprint density at radius 2 is 1.96 bits per heavy atom. The van der Waals surface area contributed by atoms with Crippen LogP contribution in [0.15, 0.2) is 42.6 Å². The van der Waals surface area contributed by atoms with Crippen LogP contribution in [0.4, 0.5) is 0 Å². The fraction of sp³-hybridized carbons (Fsp3) is 0.250. The Morgan fingerprint density at radius 1 is 1.19 bits per heavy atom. The van der Waals surface area contributed by atoms with Gasteiger partial charge in [-0.05, 0) is 43.2 Å². The van der Waals surface area contributed by atoms with Crippen LogP contribution in [0.1, 0.15) is 23.5 Å². The van der Waals surface area contributed by atoms with E-state index in [1.807, 2.05) is 30.5 Å². The van der Waals surface area contributed by atoms with Gasteiger partial charge in [0.2, 0.25) is 5.82 Å². The van der Waals surface area contributed by atoms with Crippen LogP contribution in [-0.2, 0) is 0 Å². The number of carbonyl (C=O) groups is 1. The van der Waals surface area contributed by atoms with Crippen molar-refractivity contribution in [2.75, 3.05) is 13.1 Å². The van der Waals surface area contributed by atoms with E-state index in [0.29, 0.717) is 47.5 Å². The quantitative estimate of drug-likeness (QED) is 0.629. The van der Waals surface area contributed by atoms with Gasteiger partial charge in [-0.2, -0.15) is 5.26 Å². The number of nitrogens with zero attached hydrogens (tertiary/aromatic N) is 4. The average molecular weight is 399 g/mol. The molecule has 0 radical (unpaired) electrons. The third kappa shape index (κ3) is 3.27. The van der Waals surface area contributed by atoms with Crippen LogP contribution in [0, 0.1) is 17.2 Å². The molecule has 27 heavy (non-hydrogen) atoms. The van der Waals surface area contributed by atoms with E-state index in [0.717, 1.165) is 11.1 Å². The van der Waals surface area contributed by atoms with Crippen molar-refractivity contribution in [1.82, 2.24) is 14.3 Å². The number of imidazole rings is 1. The molecule has 1 aliphatic rings. The Labute approximate surface area is 166 Å². The molecule has 0 saturated carbocycles. The summed E-state index contributed by atoms with van der Waals surface area (Å²) in [5.74, 6) is 0.237. The summed E-state index contributed by atoms with van der Waals surface area (Å²) in [7, 11) is 0. The number of carbonyl (C=O) groups excluding carboxylic acids is 1. The lowest BCUT2D eigenvalue weighted by atomic mass is 9.98. The fourth-order valence-corrected chi connectivity index (χ4v) is 3.92. The number of piperidine rings is 1. The largest absolute Gasteiger partial charge is 0.336 e. The number of likely N-dealkylation sites (tertiary alicyclic amines) is 1. The molecule has 7 heteroatoms. The van der Waals surface area contributed by atoms with E-state index in [1.165, 1.54) is 0 Å². The van der Waals surface area contributed by atoms with Crippen LogP contribution in [0.3, 0.4) is 0 Å². The van der Waals surface area contributed by atoms with Gasteiger partial charge in [-0.25, -0.2) is 4.98 Å². The molecule has 2 aromatic heterocycles. The minimum Gasteiger partial charge on any atom is -0.336 e. The molecule has 0 bridgehead atoms. The van der Waals surface area contributed by atoms with E-state index in [9.17, 15) is 4.79 Å². The van der Waals surface area contributed by atoms with Crippen molar-refractivity contribution in [2.45, 2.75) is 12.8 Å². The minimum absolute atomic E-state index is 0.0227. The molecule has 1 amide bonds. The lowest BCUT2D eigenvalue weighted by molar-refractivity contribution is 0.0694. The van der Waals surface area contributed by atoms with Crippen molar-refractivity contribution < 1.29 is 4.79 Å². The maximum atomic E-state index is 13.1. The molecule has 1 aromatic carbocycles. The standard InChI is InChI=1S/C20H16Cl2N4O/c21-14-4-5-15(16(22)11-14)18-17-3-1-2-8-26(17)19(24-18)20(27)25-9-6-13(12-23)7-10-25/h1-5,8,11,13H,6-7,9-10H2. The molecule has 0 aliphatic carbocycles. The second-order valence-corrected chi connectivity index (χ2v) is 7.40. The summed E-state index contributed by atoms with van der Waals surface area (Å²) < 4.78 is 1.79. The summed E-state index contributed by atoms with van der Waals surface area (Å²) in [6.45, 7) is 1.13. The topological polar surface area (TPSA) is 61.4 Å². The van der Waals surface area contributed by atoms with Gasteiger partial charge in [0.05, 0.1) is 22.3 Å². The number of fused-ring (bicyclic) bond motifs is 1. The summed E-state index contributed by atoms with van der Waals surface area (Å²) in [6, 6.07) is 13.2. The number of amides is 1. The molecular formula is C20H16Cl2N4O. The van der Waals surface area contributed by atoms with Crippen molar-refractivity contribution in [3.63, 3.8) is 0 Å². The number of hydrogen-bond donors (Lipinski definition) is 0. The molecule has 0 atom stereocenters. The Bertz CT molecular complexity index is 1060. The summed E-state index contributed by atoms with van der Waals surface area (Å²) in [6.07, 6.45) is 3.22. The minimum atomic E-state index is -0.135. The van der Waals surface area contributed by atoms with E-state index in [-0.39, 0.29) is 11.8 Å². The Kier molecular flexibility index (Phi) is 4.77. The van der Waals surface area contributed by atoms with Crippen molar-refractivity contribution in [2.24, 2.45) is 5.92 Å². The molecule has 1 saturated heterocycles. The molecule has 0 spiro atoms. The average Bonchev–Trinajstić information content (AvgIpc) is 3.07. The fourth-order valence-electron chi connectivity index (χ4n) is 3.42. The van der Waals surface area contributed by atoms with Crippen molar-refractivity contribution in [1.29, 1.82) is 5.26 Å². The Morgan fingerprint density at radius 3 is 2.67 bits per heavy atom. The number of hydrogen-bond acceptors (Lipinski definition) is 3. The van der Waals surface area contributed by atoms with Gasteiger partial charge in [-0.1, -0.05) is 29.3 Å². The zero-order valence-corrected chi connectivity index (χ0v) is 15.9. The van der Waals surface area contributed by atoms with Gasteiger partial charge in [0.15, 0.2) is 0 Å². The van der Waals surface area contributed by atoms with Crippen LogP contribution in [0.5, 0.6) is 0 Å². The highest BCUT2D eigenvalue weighted by Crippen LogP contribution is 2.33. The van der Waals surface area contributed by atoms with Gasteiger partial charge >= 0.3 is 0 Å².